The minimum atomic E-state index is -0.358. The summed E-state index contributed by atoms with van der Waals surface area (Å²) in [7, 11) is 0. The van der Waals surface area contributed by atoms with Gasteiger partial charge in [-0.3, -0.25) is 4.79 Å². The van der Waals surface area contributed by atoms with Crippen molar-refractivity contribution in [2.45, 2.75) is 0 Å². The molecule has 0 fully saturated rings. The fraction of sp³-hybridized carbons (Fsp3) is 0. The van der Waals surface area contributed by atoms with E-state index in [0.717, 1.165) is 0 Å². The van der Waals surface area contributed by atoms with Crippen LogP contribution in [0.2, 0.25) is 5.02 Å². The predicted molar refractivity (Wildman–Crippen MR) is 71.0 cm³/mol. The molecular formula is C13H7BrClFO2. The van der Waals surface area contributed by atoms with Crippen LogP contribution in [0.4, 0.5) is 4.39 Å². The smallest absolute Gasteiger partial charge is 0.151 e. The summed E-state index contributed by atoms with van der Waals surface area (Å²) >= 11 is 9.07. The van der Waals surface area contributed by atoms with Gasteiger partial charge in [0.1, 0.15) is 17.3 Å². The van der Waals surface area contributed by atoms with Crippen LogP contribution in [0.15, 0.2) is 40.9 Å². The molecule has 2 nitrogen and oxygen atoms in total. The minimum Gasteiger partial charge on any atom is -0.456 e. The summed E-state index contributed by atoms with van der Waals surface area (Å²) in [6.07, 6.45) is 0.667. The van der Waals surface area contributed by atoms with Gasteiger partial charge in [-0.05, 0) is 46.3 Å². The largest absolute Gasteiger partial charge is 0.456 e. The number of hydrogen-bond acceptors (Lipinski definition) is 2. The number of carbonyl (C=O) groups excluding carboxylic acids is 1. The monoisotopic (exact) mass is 328 g/mol. The Balaban J connectivity index is 2.28. The van der Waals surface area contributed by atoms with Crippen LogP contribution in [0.3, 0.4) is 0 Å². The Hall–Kier alpha value is -1.39. The molecule has 0 aliphatic heterocycles. The van der Waals surface area contributed by atoms with Crippen molar-refractivity contribution in [2.24, 2.45) is 0 Å². The van der Waals surface area contributed by atoms with E-state index in [0.29, 0.717) is 32.8 Å². The van der Waals surface area contributed by atoms with Crippen LogP contribution in [0.1, 0.15) is 10.4 Å². The first kappa shape index (κ1) is 13.1. The Morgan fingerprint density at radius 2 is 2.00 bits per heavy atom. The summed E-state index contributed by atoms with van der Waals surface area (Å²) in [4.78, 5) is 10.6. The van der Waals surface area contributed by atoms with Crippen LogP contribution < -0.4 is 4.74 Å². The zero-order chi connectivity index (χ0) is 13.1. The van der Waals surface area contributed by atoms with E-state index in [1.54, 1.807) is 12.1 Å². The number of ether oxygens (including phenoxy) is 1. The Bertz CT molecular complexity index is 602. The molecule has 0 radical (unpaired) electrons. The molecule has 2 aromatic rings. The zero-order valence-corrected chi connectivity index (χ0v) is 11.3. The summed E-state index contributed by atoms with van der Waals surface area (Å²) in [6, 6.07) is 8.80. The molecular weight excluding hydrogens is 322 g/mol. The van der Waals surface area contributed by atoms with Crippen molar-refractivity contribution in [2.75, 3.05) is 0 Å². The molecule has 0 aliphatic carbocycles. The molecule has 0 heterocycles. The molecule has 0 spiro atoms. The van der Waals surface area contributed by atoms with Gasteiger partial charge in [0.25, 0.3) is 0 Å². The molecule has 0 saturated heterocycles. The van der Waals surface area contributed by atoms with Crippen molar-refractivity contribution >= 4 is 33.8 Å². The topological polar surface area (TPSA) is 26.3 Å². The summed E-state index contributed by atoms with van der Waals surface area (Å²) in [5, 5.41) is 0.306. The maximum Gasteiger partial charge on any atom is 0.151 e. The first-order valence-electron chi connectivity index (χ1n) is 4.98. The van der Waals surface area contributed by atoms with Crippen molar-refractivity contribution < 1.29 is 13.9 Å². The van der Waals surface area contributed by atoms with Gasteiger partial charge in [0.2, 0.25) is 0 Å². The molecule has 0 N–H and O–H groups in total. The van der Waals surface area contributed by atoms with Gasteiger partial charge >= 0.3 is 0 Å². The molecule has 2 aromatic carbocycles. The Morgan fingerprint density at radius 1 is 1.22 bits per heavy atom. The van der Waals surface area contributed by atoms with E-state index in [4.69, 9.17) is 16.3 Å². The highest BCUT2D eigenvalue weighted by molar-refractivity contribution is 9.10. The number of hydrogen-bond donors (Lipinski definition) is 0. The van der Waals surface area contributed by atoms with Gasteiger partial charge in [0.15, 0.2) is 6.29 Å². The normalized spacial score (nSPS) is 10.2. The third-order valence-corrected chi connectivity index (χ3v) is 3.17. The first-order valence-corrected chi connectivity index (χ1v) is 6.15. The van der Waals surface area contributed by atoms with Crippen molar-refractivity contribution in [3.05, 3.63) is 57.3 Å². The van der Waals surface area contributed by atoms with E-state index in [9.17, 15) is 9.18 Å². The van der Waals surface area contributed by atoms with Crippen LogP contribution in [0, 0.1) is 5.82 Å². The van der Waals surface area contributed by atoms with E-state index in [1.807, 2.05) is 0 Å². The Labute approximate surface area is 116 Å². The number of rotatable bonds is 3. The second kappa shape index (κ2) is 5.50. The van der Waals surface area contributed by atoms with Gasteiger partial charge < -0.3 is 4.74 Å². The summed E-state index contributed by atoms with van der Waals surface area (Å²) in [5.74, 6) is 0.577. The standard InChI is InChI=1S/C13H7BrClFO2/c14-11-5-9(16)2-4-13(11)18-10-3-1-8(7-17)12(15)6-10/h1-7H. The molecule has 0 amide bonds. The van der Waals surface area contributed by atoms with Crippen molar-refractivity contribution in [1.29, 1.82) is 0 Å². The minimum absolute atomic E-state index is 0.306. The maximum absolute atomic E-state index is 12.9. The highest BCUT2D eigenvalue weighted by Crippen LogP contribution is 2.31. The number of halogens is 3. The summed E-state index contributed by atoms with van der Waals surface area (Å²) < 4.78 is 18.9. The molecule has 92 valence electrons. The second-order valence-corrected chi connectivity index (χ2v) is 4.74. The molecule has 0 bridgehead atoms. The lowest BCUT2D eigenvalue weighted by Crippen LogP contribution is -1.88. The maximum atomic E-state index is 12.9. The lowest BCUT2D eigenvalue weighted by atomic mass is 10.2. The highest BCUT2D eigenvalue weighted by Gasteiger charge is 2.06. The fourth-order valence-electron chi connectivity index (χ4n) is 1.35. The molecule has 5 heteroatoms. The average molecular weight is 330 g/mol. The average Bonchev–Trinajstić information content (AvgIpc) is 2.33. The van der Waals surface area contributed by atoms with Gasteiger partial charge in [0.05, 0.1) is 9.50 Å². The zero-order valence-electron chi connectivity index (χ0n) is 8.99. The molecule has 0 saturated carbocycles. The third-order valence-electron chi connectivity index (χ3n) is 2.22. The lowest BCUT2D eigenvalue weighted by Gasteiger charge is -2.08. The highest BCUT2D eigenvalue weighted by atomic mass is 79.9. The molecule has 0 unspecified atom stereocenters. The van der Waals surface area contributed by atoms with Crippen molar-refractivity contribution in [3.8, 4) is 11.5 Å². The lowest BCUT2D eigenvalue weighted by molar-refractivity contribution is 0.112. The quantitative estimate of drug-likeness (QED) is 0.753. The molecule has 18 heavy (non-hydrogen) atoms. The van der Waals surface area contributed by atoms with E-state index < -0.39 is 0 Å². The Kier molecular flexibility index (Phi) is 3.99. The SMILES string of the molecule is O=Cc1ccc(Oc2ccc(F)cc2Br)cc1Cl. The van der Waals surface area contributed by atoms with Gasteiger partial charge in [-0.15, -0.1) is 0 Å². The van der Waals surface area contributed by atoms with E-state index in [1.165, 1.54) is 24.3 Å². The van der Waals surface area contributed by atoms with Gasteiger partial charge in [-0.1, -0.05) is 11.6 Å². The molecule has 0 aliphatic rings. The number of carbonyl (C=O) groups is 1. The Morgan fingerprint density at radius 3 is 2.61 bits per heavy atom. The molecule has 0 atom stereocenters. The molecule has 2 rings (SSSR count). The van der Waals surface area contributed by atoms with Gasteiger partial charge in [-0.2, -0.15) is 0 Å². The van der Waals surface area contributed by atoms with Crippen LogP contribution in [0.25, 0.3) is 0 Å². The summed E-state index contributed by atoms with van der Waals surface area (Å²) in [5.41, 5.74) is 0.391. The third kappa shape index (κ3) is 2.89. The van der Waals surface area contributed by atoms with Crippen LogP contribution in [-0.2, 0) is 0 Å². The van der Waals surface area contributed by atoms with E-state index in [2.05, 4.69) is 15.9 Å². The van der Waals surface area contributed by atoms with Crippen LogP contribution >= 0.6 is 27.5 Å². The van der Waals surface area contributed by atoms with Crippen molar-refractivity contribution in [3.63, 3.8) is 0 Å². The fourth-order valence-corrected chi connectivity index (χ4v) is 2.00. The van der Waals surface area contributed by atoms with Crippen molar-refractivity contribution in [1.82, 2.24) is 0 Å². The van der Waals surface area contributed by atoms with Gasteiger partial charge in [0, 0.05) is 11.6 Å². The first-order chi connectivity index (χ1) is 8.60. The van der Waals surface area contributed by atoms with E-state index >= 15 is 0 Å². The predicted octanol–water partition coefficient (Wildman–Crippen LogP) is 4.85. The van der Waals surface area contributed by atoms with Crippen LogP contribution in [0.5, 0.6) is 11.5 Å². The van der Waals surface area contributed by atoms with Gasteiger partial charge in [-0.25, -0.2) is 4.39 Å². The second-order valence-electron chi connectivity index (χ2n) is 3.48. The van der Waals surface area contributed by atoms with E-state index in [-0.39, 0.29) is 5.82 Å². The number of aldehydes is 1. The molecule has 0 aromatic heterocycles. The number of benzene rings is 2. The van der Waals surface area contributed by atoms with Crippen LogP contribution in [-0.4, -0.2) is 6.29 Å². The summed E-state index contributed by atoms with van der Waals surface area (Å²) in [6.45, 7) is 0.